The first-order valence-corrected chi connectivity index (χ1v) is 6.20. The Morgan fingerprint density at radius 1 is 1.35 bits per heavy atom. The highest BCUT2D eigenvalue weighted by Gasteiger charge is 2.15. The Morgan fingerprint density at radius 2 is 2.00 bits per heavy atom. The summed E-state index contributed by atoms with van der Waals surface area (Å²) in [4.78, 5) is 11.4. The highest BCUT2D eigenvalue weighted by Crippen LogP contribution is 2.05. The Labute approximate surface area is 119 Å². The number of hydrogen-bond acceptors (Lipinski definition) is 4. The van der Waals surface area contributed by atoms with Gasteiger partial charge in [0.1, 0.15) is 5.60 Å². The molecule has 0 aliphatic rings. The number of amides is 1. The van der Waals surface area contributed by atoms with Gasteiger partial charge in [-0.1, -0.05) is 30.0 Å². The molecule has 0 fully saturated rings. The third kappa shape index (κ3) is 5.78. The molecule has 0 saturated heterocycles. The molecule has 5 nitrogen and oxygen atoms in total. The van der Waals surface area contributed by atoms with Gasteiger partial charge in [-0.05, 0) is 32.3 Å². The standard InChI is InChI=1S/C14H18BNO4/c1-14(2,3)20-13(17)16-10-6-8-11-7-4-5-9-12(11)15(18)19/h4-5,7,9,18-19H,10H2,1-3H3,(H,16,17). The monoisotopic (exact) mass is 275 g/mol. The summed E-state index contributed by atoms with van der Waals surface area (Å²) in [6.07, 6.45) is -0.540. The van der Waals surface area contributed by atoms with Crippen molar-refractivity contribution < 1.29 is 19.6 Å². The average molecular weight is 275 g/mol. The van der Waals surface area contributed by atoms with Crippen molar-refractivity contribution in [2.24, 2.45) is 0 Å². The number of rotatable bonds is 2. The summed E-state index contributed by atoms with van der Waals surface area (Å²) in [6, 6.07) is 6.70. The van der Waals surface area contributed by atoms with E-state index in [2.05, 4.69) is 17.2 Å². The second kappa shape index (κ2) is 6.99. The van der Waals surface area contributed by atoms with E-state index in [0.29, 0.717) is 11.0 Å². The molecule has 0 spiro atoms. The lowest BCUT2D eigenvalue weighted by Gasteiger charge is -2.19. The van der Waals surface area contributed by atoms with E-state index in [9.17, 15) is 14.8 Å². The fourth-order valence-electron chi connectivity index (χ4n) is 1.41. The fourth-order valence-corrected chi connectivity index (χ4v) is 1.41. The second-order valence-corrected chi connectivity index (χ2v) is 5.12. The van der Waals surface area contributed by atoms with Crippen LogP contribution in [0.3, 0.4) is 0 Å². The minimum atomic E-state index is -1.57. The van der Waals surface area contributed by atoms with Gasteiger partial charge in [-0.25, -0.2) is 4.79 Å². The zero-order valence-corrected chi connectivity index (χ0v) is 11.8. The van der Waals surface area contributed by atoms with Gasteiger partial charge in [0.05, 0.1) is 6.54 Å². The predicted molar refractivity (Wildman–Crippen MR) is 77.4 cm³/mol. The van der Waals surface area contributed by atoms with Crippen LogP contribution < -0.4 is 10.8 Å². The average Bonchev–Trinajstić information content (AvgIpc) is 2.33. The van der Waals surface area contributed by atoms with Gasteiger partial charge in [0.25, 0.3) is 0 Å². The van der Waals surface area contributed by atoms with Crippen LogP contribution in [0.1, 0.15) is 26.3 Å². The van der Waals surface area contributed by atoms with E-state index in [1.807, 2.05) is 0 Å². The number of alkyl carbamates (subject to hydrolysis) is 1. The van der Waals surface area contributed by atoms with Crippen LogP contribution in [-0.4, -0.2) is 35.4 Å². The zero-order chi connectivity index (χ0) is 15.2. The van der Waals surface area contributed by atoms with Gasteiger partial charge in [0.2, 0.25) is 0 Å². The topological polar surface area (TPSA) is 78.8 Å². The van der Waals surface area contributed by atoms with E-state index < -0.39 is 18.8 Å². The van der Waals surface area contributed by atoms with Crippen molar-refractivity contribution in [3.63, 3.8) is 0 Å². The van der Waals surface area contributed by atoms with Crippen molar-refractivity contribution in [3.8, 4) is 11.8 Å². The number of ether oxygens (including phenoxy) is 1. The molecule has 20 heavy (non-hydrogen) atoms. The number of carbonyl (C=O) groups excluding carboxylic acids is 1. The Balaban J connectivity index is 2.58. The van der Waals surface area contributed by atoms with Gasteiger partial charge in [-0.3, -0.25) is 0 Å². The Bertz CT molecular complexity index is 526. The molecule has 0 atom stereocenters. The van der Waals surface area contributed by atoms with Crippen molar-refractivity contribution in [1.82, 2.24) is 5.32 Å². The smallest absolute Gasteiger partial charge is 0.444 e. The van der Waals surface area contributed by atoms with E-state index in [1.165, 1.54) is 0 Å². The quantitative estimate of drug-likeness (QED) is 0.533. The maximum absolute atomic E-state index is 11.4. The Kier molecular flexibility index (Phi) is 5.62. The molecule has 106 valence electrons. The van der Waals surface area contributed by atoms with Crippen LogP contribution in [0.2, 0.25) is 0 Å². The molecular formula is C14H18BNO4. The maximum atomic E-state index is 11.4. The molecule has 3 N–H and O–H groups in total. The summed E-state index contributed by atoms with van der Waals surface area (Å²) in [5, 5.41) is 20.8. The minimum absolute atomic E-state index is 0.116. The molecule has 1 rings (SSSR count). The molecule has 6 heteroatoms. The first-order chi connectivity index (χ1) is 9.29. The van der Waals surface area contributed by atoms with Crippen LogP contribution in [-0.2, 0) is 4.74 Å². The Morgan fingerprint density at radius 3 is 2.60 bits per heavy atom. The third-order valence-corrected chi connectivity index (χ3v) is 2.18. The van der Waals surface area contributed by atoms with Crippen LogP contribution in [0, 0.1) is 11.8 Å². The van der Waals surface area contributed by atoms with Crippen LogP contribution in [0.15, 0.2) is 24.3 Å². The highest BCUT2D eigenvalue weighted by molar-refractivity contribution is 6.59. The number of benzene rings is 1. The molecular weight excluding hydrogens is 257 g/mol. The maximum Gasteiger partial charge on any atom is 0.489 e. The van der Waals surface area contributed by atoms with Crippen LogP contribution >= 0.6 is 0 Å². The minimum Gasteiger partial charge on any atom is -0.444 e. The van der Waals surface area contributed by atoms with Gasteiger partial charge in [0.15, 0.2) is 0 Å². The van der Waals surface area contributed by atoms with E-state index >= 15 is 0 Å². The molecule has 0 heterocycles. The van der Waals surface area contributed by atoms with Crippen LogP contribution in [0.5, 0.6) is 0 Å². The first-order valence-electron chi connectivity index (χ1n) is 6.20. The van der Waals surface area contributed by atoms with Gasteiger partial charge >= 0.3 is 13.2 Å². The van der Waals surface area contributed by atoms with Crippen molar-refractivity contribution in [2.75, 3.05) is 6.54 Å². The molecule has 0 saturated carbocycles. The van der Waals surface area contributed by atoms with Crippen LogP contribution in [0.25, 0.3) is 0 Å². The molecule has 1 aromatic rings. The van der Waals surface area contributed by atoms with E-state index in [1.54, 1.807) is 45.0 Å². The van der Waals surface area contributed by atoms with Crippen LogP contribution in [0.4, 0.5) is 4.79 Å². The van der Waals surface area contributed by atoms with E-state index in [-0.39, 0.29) is 6.54 Å². The normalized spacial score (nSPS) is 10.2. The molecule has 1 amide bonds. The number of nitrogens with one attached hydrogen (secondary N) is 1. The SMILES string of the molecule is CC(C)(C)OC(=O)NCC#Cc1ccccc1B(O)O. The largest absolute Gasteiger partial charge is 0.489 e. The lowest BCUT2D eigenvalue weighted by Crippen LogP contribution is -2.33. The van der Waals surface area contributed by atoms with Crippen molar-refractivity contribution >= 4 is 18.7 Å². The van der Waals surface area contributed by atoms with Crippen molar-refractivity contribution in [2.45, 2.75) is 26.4 Å². The van der Waals surface area contributed by atoms with Gasteiger partial charge in [-0.15, -0.1) is 0 Å². The first kappa shape index (κ1) is 16.1. The molecule has 0 radical (unpaired) electrons. The Hall–Kier alpha value is -1.97. The molecule has 0 unspecified atom stereocenters. The summed E-state index contributed by atoms with van der Waals surface area (Å²) in [7, 11) is -1.57. The predicted octanol–water partition coefficient (Wildman–Crippen LogP) is 0.243. The van der Waals surface area contributed by atoms with Gasteiger partial charge < -0.3 is 20.1 Å². The third-order valence-electron chi connectivity index (χ3n) is 2.18. The van der Waals surface area contributed by atoms with Gasteiger partial charge in [0, 0.05) is 5.56 Å². The number of hydrogen-bond donors (Lipinski definition) is 3. The fraction of sp³-hybridized carbons (Fsp3) is 0.357. The summed E-state index contributed by atoms with van der Waals surface area (Å²) >= 11 is 0. The van der Waals surface area contributed by atoms with Gasteiger partial charge in [-0.2, -0.15) is 0 Å². The summed E-state index contributed by atoms with van der Waals surface area (Å²) < 4.78 is 5.05. The second-order valence-electron chi connectivity index (χ2n) is 5.12. The molecule has 0 aliphatic carbocycles. The summed E-state index contributed by atoms with van der Waals surface area (Å²) in [5.41, 5.74) is 0.288. The van der Waals surface area contributed by atoms with E-state index in [0.717, 1.165) is 0 Å². The molecule has 0 bridgehead atoms. The lowest BCUT2D eigenvalue weighted by molar-refractivity contribution is 0.0535. The summed E-state index contributed by atoms with van der Waals surface area (Å²) in [6.45, 7) is 5.44. The molecule has 0 aliphatic heterocycles. The molecule has 0 aromatic heterocycles. The van der Waals surface area contributed by atoms with Crippen molar-refractivity contribution in [3.05, 3.63) is 29.8 Å². The lowest BCUT2D eigenvalue weighted by atomic mass is 9.77. The van der Waals surface area contributed by atoms with E-state index in [4.69, 9.17) is 4.74 Å². The van der Waals surface area contributed by atoms with Crippen molar-refractivity contribution in [1.29, 1.82) is 0 Å². The highest BCUT2D eigenvalue weighted by atomic mass is 16.6. The summed E-state index contributed by atoms with van der Waals surface area (Å²) in [5.74, 6) is 5.50. The zero-order valence-electron chi connectivity index (χ0n) is 11.8. The molecule has 1 aromatic carbocycles. The number of carbonyl (C=O) groups is 1.